The van der Waals surface area contributed by atoms with Crippen molar-refractivity contribution in [1.29, 1.82) is 5.26 Å². The Hall–Kier alpha value is -2.82. The van der Waals surface area contributed by atoms with Crippen molar-refractivity contribution < 1.29 is 9.13 Å². The highest BCUT2D eigenvalue weighted by atomic mass is 32.1. The number of hydrogen-bond donors (Lipinski definition) is 0. The van der Waals surface area contributed by atoms with Crippen LogP contribution in [0.15, 0.2) is 48.8 Å². The molecule has 3 heterocycles. The molecule has 136 valence electrons. The number of ether oxygens (including phenoxy) is 1. The van der Waals surface area contributed by atoms with Crippen LogP contribution in [0.2, 0.25) is 0 Å². The quantitative estimate of drug-likeness (QED) is 0.672. The summed E-state index contributed by atoms with van der Waals surface area (Å²) in [6.45, 7) is 2.50. The molecule has 0 N–H and O–H groups in total. The van der Waals surface area contributed by atoms with Gasteiger partial charge in [0, 0.05) is 48.5 Å². The number of halogens is 1. The van der Waals surface area contributed by atoms with E-state index in [0.29, 0.717) is 22.0 Å². The van der Waals surface area contributed by atoms with Crippen molar-refractivity contribution in [2.75, 3.05) is 13.1 Å². The Bertz CT molecular complexity index is 967. The minimum absolute atomic E-state index is 0.0735. The third-order valence-electron chi connectivity index (χ3n) is 4.42. The lowest BCUT2D eigenvalue weighted by Gasteiger charge is -2.15. The van der Waals surface area contributed by atoms with Crippen LogP contribution in [-0.2, 0) is 6.54 Å². The number of rotatable bonds is 5. The van der Waals surface area contributed by atoms with Gasteiger partial charge in [0.05, 0.1) is 5.56 Å². The molecule has 1 unspecified atom stereocenters. The molecule has 0 aliphatic carbocycles. The molecule has 5 nitrogen and oxygen atoms in total. The predicted octanol–water partition coefficient (Wildman–Crippen LogP) is 3.87. The molecule has 0 spiro atoms. The van der Waals surface area contributed by atoms with E-state index in [1.54, 1.807) is 24.3 Å². The Balaban J connectivity index is 1.35. The summed E-state index contributed by atoms with van der Waals surface area (Å²) < 4.78 is 19.8. The van der Waals surface area contributed by atoms with Crippen LogP contribution < -0.4 is 4.74 Å². The second-order valence-electron chi connectivity index (χ2n) is 6.37. The molecule has 7 heteroatoms. The Morgan fingerprint density at radius 2 is 2.11 bits per heavy atom. The normalized spacial score (nSPS) is 17.0. The van der Waals surface area contributed by atoms with E-state index in [1.165, 1.54) is 23.6 Å². The summed E-state index contributed by atoms with van der Waals surface area (Å²) in [7, 11) is 0. The van der Waals surface area contributed by atoms with E-state index in [2.05, 4.69) is 14.9 Å². The highest BCUT2D eigenvalue weighted by Crippen LogP contribution is 2.29. The van der Waals surface area contributed by atoms with Crippen LogP contribution in [0, 0.1) is 17.1 Å². The van der Waals surface area contributed by atoms with E-state index in [9.17, 15) is 4.39 Å². The smallest absolute Gasteiger partial charge is 0.213 e. The highest BCUT2D eigenvalue weighted by Gasteiger charge is 2.25. The zero-order valence-corrected chi connectivity index (χ0v) is 15.3. The van der Waals surface area contributed by atoms with Crippen LogP contribution in [0.25, 0.3) is 10.6 Å². The predicted molar refractivity (Wildman–Crippen MR) is 101 cm³/mol. The minimum atomic E-state index is -0.247. The summed E-state index contributed by atoms with van der Waals surface area (Å²) >= 11 is 1.52. The fourth-order valence-electron chi connectivity index (χ4n) is 3.08. The van der Waals surface area contributed by atoms with Gasteiger partial charge in [0.25, 0.3) is 0 Å². The molecule has 4 rings (SSSR count). The number of nitrogens with zero attached hydrogens (tertiary/aromatic N) is 4. The van der Waals surface area contributed by atoms with Gasteiger partial charge in [-0.3, -0.25) is 4.90 Å². The summed E-state index contributed by atoms with van der Waals surface area (Å²) in [5.74, 6) is 0.295. The SMILES string of the molecule is N#Cc1ccc(OC2CCN(Cc3cnc(-c4ccccc4F)s3)C2)nc1. The van der Waals surface area contributed by atoms with Crippen LogP contribution >= 0.6 is 11.3 Å². The van der Waals surface area contributed by atoms with Crippen molar-refractivity contribution in [2.45, 2.75) is 19.1 Å². The van der Waals surface area contributed by atoms with Gasteiger partial charge >= 0.3 is 0 Å². The number of likely N-dealkylation sites (tertiary alicyclic amines) is 1. The maximum Gasteiger partial charge on any atom is 0.213 e. The lowest BCUT2D eigenvalue weighted by molar-refractivity contribution is 0.191. The minimum Gasteiger partial charge on any atom is -0.473 e. The first-order valence-corrected chi connectivity index (χ1v) is 9.47. The van der Waals surface area contributed by atoms with Crippen LogP contribution in [-0.4, -0.2) is 34.1 Å². The van der Waals surface area contributed by atoms with Crippen LogP contribution in [0.4, 0.5) is 4.39 Å². The lowest BCUT2D eigenvalue weighted by atomic mass is 10.2. The Morgan fingerprint density at radius 1 is 1.22 bits per heavy atom. The van der Waals surface area contributed by atoms with Crippen molar-refractivity contribution in [3.8, 4) is 22.5 Å². The number of thiazole rings is 1. The molecule has 1 aliphatic rings. The Labute approximate surface area is 160 Å². The van der Waals surface area contributed by atoms with Gasteiger partial charge in [-0.25, -0.2) is 14.4 Å². The second-order valence-corrected chi connectivity index (χ2v) is 7.49. The van der Waals surface area contributed by atoms with E-state index >= 15 is 0 Å². The Morgan fingerprint density at radius 3 is 2.89 bits per heavy atom. The number of nitriles is 1. The third-order valence-corrected chi connectivity index (χ3v) is 5.43. The molecule has 0 saturated carbocycles. The van der Waals surface area contributed by atoms with Crippen molar-refractivity contribution in [1.82, 2.24) is 14.9 Å². The topological polar surface area (TPSA) is 62.0 Å². The first-order chi connectivity index (χ1) is 13.2. The molecule has 3 aromatic rings. The largest absolute Gasteiger partial charge is 0.473 e. The van der Waals surface area contributed by atoms with Gasteiger partial charge in [0.2, 0.25) is 5.88 Å². The number of pyridine rings is 1. The standard InChI is InChI=1S/C20H17FN4OS/c21-18-4-2-1-3-17(18)20-24-11-16(27-20)13-25-8-7-15(12-25)26-19-6-5-14(9-22)10-23-19/h1-6,10-11,15H,7-8,12-13H2. The fourth-order valence-corrected chi connectivity index (χ4v) is 4.07. The fraction of sp³-hybridized carbons (Fsp3) is 0.250. The monoisotopic (exact) mass is 380 g/mol. The summed E-state index contributed by atoms with van der Waals surface area (Å²) in [6.07, 6.45) is 4.33. The van der Waals surface area contributed by atoms with Crippen LogP contribution in [0.3, 0.4) is 0 Å². The molecule has 0 bridgehead atoms. The summed E-state index contributed by atoms with van der Waals surface area (Å²) in [6, 6.07) is 12.2. The Kier molecular flexibility index (Phi) is 5.10. The summed E-state index contributed by atoms with van der Waals surface area (Å²) in [5.41, 5.74) is 1.06. The maximum absolute atomic E-state index is 13.9. The van der Waals surface area contributed by atoms with E-state index in [4.69, 9.17) is 10.00 Å². The molecule has 1 saturated heterocycles. The van der Waals surface area contributed by atoms with Gasteiger partial charge in [0.1, 0.15) is 23.0 Å². The molecule has 1 aromatic carbocycles. The molecular formula is C20H17FN4OS. The van der Waals surface area contributed by atoms with Crippen molar-refractivity contribution >= 4 is 11.3 Å². The van der Waals surface area contributed by atoms with Gasteiger partial charge in [-0.2, -0.15) is 5.26 Å². The van der Waals surface area contributed by atoms with Gasteiger partial charge in [-0.1, -0.05) is 12.1 Å². The van der Waals surface area contributed by atoms with E-state index in [0.717, 1.165) is 30.9 Å². The van der Waals surface area contributed by atoms with Crippen molar-refractivity contribution in [3.05, 3.63) is 65.0 Å². The van der Waals surface area contributed by atoms with Gasteiger partial charge in [0.15, 0.2) is 0 Å². The van der Waals surface area contributed by atoms with Crippen LogP contribution in [0.1, 0.15) is 16.9 Å². The summed E-state index contributed by atoms with van der Waals surface area (Å²) in [5, 5.41) is 9.52. The zero-order valence-electron chi connectivity index (χ0n) is 14.5. The van der Waals surface area contributed by atoms with E-state index in [-0.39, 0.29) is 11.9 Å². The number of hydrogen-bond acceptors (Lipinski definition) is 6. The molecule has 1 atom stereocenters. The number of aromatic nitrogens is 2. The molecule has 1 aliphatic heterocycles. The summed E-state index contributed by atoms with van der Waals surface area (Å²) in [4.78, 5) is 11.9. The van der Waals surface area contributed by atoms with E-state index < -0.39 is 0 Å². The second kappa shape index (κ2) is 7.82. The maximum atomic E-state index is 13.9. The van der Waals surface area contributed by atoms with E-state index in [1.807, 2.05) is 18.3 Å². The van der Waals surface area contributed by atoms with Crippen LogP contribution in [0.5, 0.6) is 5.88 Å². The lowest BCUT2D eigenvalue weighted by Crippen LogP contribution is -2.24. The molecule has 1 fully saturated rings. The molecule has 27 heavy (non-hydrogen) atoms. The molecular weight excluding hydrogens is 363 g/mol. The first kappa shape index (κ1) is 17.6. The molecule has 0 radical (unpaired) electrons. The zero-order chi connectivity index (χ0) is 18.6. The van der Waals surface area contributed by atoms with Crippen molar-refractivity contribution in [2.24, 2.45) is 0 Å². The highest BCUT2D eigenvalue weighted by molar-refractivity contribution is 7.15. The van der Waals surface area contributed by atoms with Gasteiger partial charge in [-0.15, -0.1) is 11.3 Å². The third kappa shape index (κ3) is 4.13. The first-order valence-electron chi connectivity index (χ1n) is 8.66. The number of benzene rings is 1. The average Bonchev–Trinajstić information content (AvgIpc) is 3.33. The van der Waals surface area contributed by atoms with Gasteiger partial charge in [-0.05, 0) is 24.6 Å². The van der Waals surface area contributed by atoms with Crippen molar-refractivity contribution in [3.63, 3.8) is 0 Å². The average molecular weight is 380 g/mol. The molecule has 2 aromatic heterocycles. The van der Waals surface area contributed by atoms with Gasteiger partial charge < -0.3 is 4.74 Å². The molecule has 0 amide bonds.